The number of alkyl halides is 3. The lowest BCUT2D eigenvalue weighted by Gasteiger charge is -2.33. The van der Waals surface area contributed by atoms with Crippen LogP contribution in [0.25, 0.3) is 0 Å². The average Bonchev–Trinajstić information content (AvgIpc) is 3.27. The van der Waals surface area contributed by atoms with Crippen LogP contribution >= 0.6 is 0 Å². The van der Waals surface area contributed by atoms with Gasteiger partial charge in [0.25, 0.3) is 5.69 Å². The van der Waals surface area contributed by atoms with Gasteiger partial charge in [0.1, 0.15) is 11.4 Å². The smallest absolute Gasteiger partial charge is 0.416 e. The predicted octanol–water partition coefficient (Wildman–Crippen LogP) is 3.84. The number of halogens is 3. The van der Waals surface area contributed by atoms with Gasteiger partial charge < -0.3 is 14.6 Å². The fourth-order valence-electron chi connectivity index (χ4n) is 3.86. The Hall–Kier alpha value is -3.08. The number of furan rings is 1. The molecule has 0 unspecified atom stereocenters. The summed E-state index contributed by atoms with van der Waals surface area (Å²) in [6.07, 6.45) is -2.20. The Balaban J connectivity index is 1.61. The molecular weight excluding hydrogens is 429 g/mol. The molecule has 174 valence electrons. The second kappa shape index (κ2) is 9.60. The molecule has 8 nitrogen and oxygen atoms in total. The molecule has 2 heterocycles. The second-order valence-corrected chi connectivity index (χ2v) is 7.96. The highest BCUT2D eigenvalue weighted by Gasteiger charge is 2.35. The number of hydrogen-bond donors (Lipinski definition) is 1. The van der Waals surface area contributed by atoms with E-state index in [1.54, 1.807) is 17.2 Å². The van der Waals surface area contributed by atoms with Gasteiger partial charge >= 0.3 is 6.18 Å². The number of anilines is 1. The van der Waals surface area contributed by atoms with E-state index >= 15 is 0 Å². The number of nitrogens with zero attached hydrogens (tertiary/aromatic N) is 3. The Morgan fingerprint density at radius 1 is 1.31 bits per heavy atom. The molecule has 1 atom stereocenters. The fraction of sp³-hybridized carbons (Fsp3) is 0.476. The first-order chi connectivity index (χ1) is 15.1. The van der Waals surface area contributed by atoms with Crippen LogP contribution in [0.2, 0.25) is 0 Å². The molecule has 32 heavy (non-hydrogen) atoms. The van der Waals surface area contributed by atoms with Crippen LogP contribution in [0, 0.1) is 16.0 Å². The molecule has 0 spiro atoms. The Labute approximate surface area is 183 Å². The highest BCUT2D eigenvalue weighted by molar-refractivity contribution is 5.79. The molecule has 1 aromatic heterocycles. The van der Waals surface area contributed by atoms with Gasteiger partial charge in [-0.25, -0.2) is 0 Å². The number of piperidine rings is 1. The fourth-order valence-corrected chi connectivity index (χ4v) is 3.86. The van der Waals surface area contributed by atoms with Crippen molar-refractivity contribution in [1.29, 1.82) is 0 Å². The minimum atomic E-state index is -4.66. The Morgan fingerprint density at radius 3 is 2.53 bits per heavy atom. The van der Waals surface area contributed by atoms with Crippen molar-refractivity contribution in [3.8, 4) is 0 Å². The van der Waals surface area contributed by atoms with E-state index in [0.717, 1.165) is 17.9 Å². The number of likely N-dealkylation sites (N-methyl/N-ethyl adjacent to an activating group) is 1. The third-order valence-electron chi connectivity index (χ3n) is 5.67. The molecule has 1 saturated heterocycles. The van der Waals surface area contributed by atoms with Crippen molar-refractivity contribution in [2.75, 3.05) is 38.6 Å². The zero-order chi connectivity index (χ0) is 23.5. The number of carbonyl (C=O) groups is 1. The van der Waals surface area contributed by atoms with Crippen LogP contribution < -0.4 is 10.2 Å². The molecular formula is C21H25F3N4O4. The largest absolute Gasteiger partial charge is 0.468 e. The van der Waals surface area contributed by atoms with E-state index < -0.39 is 22.4 Å². The Bertz CT molecular complexity index is 939. The maximum absolute atomic E-state index is 12.9. The monoisotopic (exact) mass is 454 g/mol. The molecule has 1 N–H and O–H groups in total. The van der Waals surface area contributed by atoms with Crippen LogP contribution in [-0.2, 0) is 11.0 Å². The molecule has 11 heteroatoms. The lowest BCUT2D eigenvalue weighted by molar-refractivity contribution is -0.384. The van der Waals surface area contributed by atoms with Crippen molar-refractivity contribution in [3.05, 3.63) is 58.0 Å². The highest BCUT2D eigenvalue weighted by atomic mass is 19.4. The highest BCUT2D eigenvalue weighted by Crippen LogP contribution is 2.37. The standard InChI is InChI=1S/C21H25F3N4O4/c1-26(2)18(19-4-3-11-32-19)13-25-20(29)14-7-9-27(10-8-14)16-6-5-15(21(22,23)24)12-17(16)28(30)31/h3-6,11-12,14,18H,7-10,13H2,1-2H3,(H,25,29)/t18-/m1/s1. The summed E-state index contributed by atoms with van der Waals surface area (Å²) in [4.78, 5) is 26.8. The maximum Gasteiger partial charge on any atom is 0.416 e. The number of rotatable bonds is 7. The lowest BCUT2D eigenvalue weighted by Crippen LogP contribution is -2.42. The number of nitro benzene ring substituents is 1. The van der Waals surface area contributed by atoms with E-state index in [-0.39, 0.29) is 23.6 Å². The van der Waals surface area contributed by atoms with E-state index in [4.69, 9.17) is 4.42 Å². The lowest BCUT2D eigenvalue weighted by atomic mass is 9.95. The van der Waals surface area contributed by atoms with Crippen LogP contribution in [0.5, 0.6) is 0 Å². The zero-order valence-electron chi connectivity index (χ0n) is 17.8. The van der Waals surface area contributed by atoms with Crippen LogP contribution in [0.3, 0.4) is 0 Å². The molecule has 0 saturated carbocycles. The first-order valence-electron chi connectivity index (χ1n) is 10.2. The normalized spacial score (nSPS) is 16.2. The number of benzene rings is 1. The number of nitrogens with one attached hydrogen (secondary N) is 1. The molecule has 3 rings (SSSR count). The molecule has 1 fully saturated rings. The molecule has 2 aromatic rings. The molecule has 1 amide bonds. The summed E-state index contributed by atoms with van der Waals surface area (Å²) in [7, 11) is 3.77. The van der Waals surface area contributed by atoms with Gasteiger partial charge in [-0.05, 0) is 51.2 Å². The van der Waals surface area contributed by atoms with E-state index in [1.165, 1.54) is 0 Å². The first kappa shape index (κ1) is 23.6. The van der Waals surface area contributed by atoms with Gasteiger partial charge in [-0.1, -0.05) is 0 Å². The maximum atomic E-state index is 12.9. The van der Waals surface area contributed by atoms with Crippen molar-refractivity contribution in [3.63, 3.8) is 0 Å². The number of carbonyl (C=O) groups excluding carboxylic acids is 1. The van der Waals surface area contributed by atoms with Gasteiger partial charge in [-0.15, -0.1) is 0 Å². The van der Waals surface area contributed by atoms with Crippen molar-refractivity contribution in [2.45, 2.75) is 25.1 Å². The SMILES string of the molecule is CN(C)[C@H](CNC(=O)C1CCN(c2ccc(C(F)(F)F)cc2[N+](=O)[O-])CC1)c1ccco1. The van der Waals surface area contributed by atoms with Crippen molar-refractivity contribution >= 4 is 17.3 Å². The molecule has 1 aliphatic heterocycles. The predicted molar refractivity (Wildman–Crippen MR) is 111 cm³/mol. The Morgan fingerprint density at radius 2 is 2.00 bits per heavy atom. The summed E-state index contributed by atoms with van der Waals surface area (Å²) in [5.74, 6) is 0.337. The van der Waals surface area contributed by atoms with Gasteiger partial charge in [0, 0.05) is 31.6 Å². The number of nitro groups is 1. The summed E-state index contributed by atoms with van der Waals surface area (Å²) in [5.41, 5.74) is -1.52. The van der Waals surface area contributed by atoms with E-state index in [2.05, 4.69) is 5.32 Å². The van der Waals surface area contributed by atoms with E-state index in [0.29, 0.717) is 38.5 Å². The summed E-state index contributed by atoms with van der Waals surface area (Å²) < 4.78 is 44.2. The molecule has 0 aliphatic carbocycles. The van der Waals surface area contributed by atoms with Gasteiger partial charge in [-0.3, -0.25) is 19.8 Å². The minimum absolute atomic E-state index is 0.120. The summed E-state index contributed by atoms with van der Waals surface area (Å²) in [6, 6.07) is 6.04. The molecule has 1 aliphatic rings. The number of amides is 1. The summed E-state index contributed by atoms with van der Waals surface area (Å²) in [5, 5.41) is 14.3. The minimum Gasteiger partial charge on any atom is -0.468 e. The topological polar surface area (TPSA) is 91.9 Å². The van der Waals surface area contributed by atoms with Crippen molar-refractivity contribution < 1.29 is 27.3 Å². The molecule has 0 radical (unpaired) electrons. The summed E-state index contributed by atoms with van der Waals surface area (Å²) in [6.45, 7) is 1.03. The third-order valence-corrected chi connectivity index (χ3v) is 5.67. The van der Waals surface area contributed by atoms with Crippen LogP contribution in [0.15, 0.2) is 41.0 Å². The average molecular weight is 454 g/mol. The third kappa shape index (κ3) is 5.39. The molecule has 1 aromatic carbocycles. The van der Waals surface area contributed by atoms with E-state index in [1.807, 2.05) is 25.1 Å². The van der Waals surface area contributed by atoms with Crippen LogP contribution in [0.4, 0.5) is 24.5 Å². The van der Waals surface area contributed by atoms with Crippen molar-refractivity contribution in [2.24, 2.45) is 5.92 Å². The first-order valence-corrected chi connectivity index (χ1v) is 10.2. The van der Waals surface area contributed by atoms with Gasteiger partial charge in [0.05, 0.1) is 22.8 Å². The van der Waals surface area contributed by atoms with E-state index in [9.17, 15) is 28.1 Å². The zero-order valence-corrected chi connectivity index (χ0v) is 17.8. The second-order valence-electron chi connectivity index (χ2n) is 7.96. The van der Waals surface area contributed by atoms with Gasteiger partial charge in [0.2, 0.25) is 5.91 Å². The summed E-state index contributed by atoms with van der Waals surface area (Å²) >= 11 is 0. The van der Waals surface area contributed by atoms with Gasteiger partial charge in [0.15, 0.2) is 0 Å². The number of hydrogen-bond acceptors (Lipinski definition) is 6. The Kier molecular flexibility index (Phi) is 7.07. The quantitative estimate of drug-likeness (QED) is 0.505. The van der Waals surface area contributed by atoms with Crippen LogP contribution in [0.1, 0.15) is 30.2 Å². The van der Waals surface area contributed by atoms with Gasteiger partial charge in [-0.2, -0.15) is 13.2 Å². The van der Waals surface area contributed by atoms with Crippen molar-refractivity contribution in [1.82, 2.24) is 10.2 Å². The van der Waals surface area contributed by atoms with Crippen LogP contribution in [-0.4, -0.2) is 49.5 Å². The molecule has 0 bridgehead atoms.